The molecule has 0 aromatic heterocycles. The molecule has 84 valence electrons. The summed E-state index contributed by atoms with van der Waals surface area (Å²) in [4.78, 5) is 0. The highest BCUT2D eigenvalue weighted by molar-refractivity contribution is 5.89. The van der Waals surface area contributed by atoms with Crippen molar-refractivity contribution >= 4 is 10.8 Å². The number of benzene rings is 2. The van der Waals surface area contributed by atoms with Gasteiger partial charge in [0.2, 0.25) is 0 Å². The fourth-order valence-corrected chi connectivity index (χ4v) is 1.49. The smallest absolute Gasteiger partial charge is 0.416 e. The van der Waals surface area contributed by atoms with Crippen LogP contribution in [0.5, 0.6) is 5.75 Å². The molecule has 0 aliphatic carbocycles. The lowest BCUT2D eigenvalue weighted by molar-refractivity contribution is -0.137. The molecule has 2 rings (SSSR count). The third-order valence-corrected chi connectivity index (χ3v) is 2.25. The van der Waals surface area contributed by atoms with Crippen molar-refractivity contribution in [3.8, 4) is 5.75 Å². The lowest BCUT2D eigenvalue weighted by Crippen LogP contribution is -2.04. The molecule has 1 N–H and O–H groups in total. The zero-order valence-corrected chi connectivity index (χ0v) is 7.85. The van der Waals surface area contributed by atoms with Crippen molar-refractivity contribution in [3.05, 3.63) is 41.7 Å². The van der Waals surface area contributed by atoms with Gasteiger partial charge < -0.3 is 5.11 Å². The molecular formula is C11H6F4O. The Bertz CT molecular complexity index is 545. The van der Waals surface area contributed by atoms with Gasteiger partial charge in [0.15, 0.2) is 0 Å². The molecule has 0 spiro atoms. The van der Waals surface area contributed by atoms with Gasteiger partial charge in [-0.15, -0.1) is 0 Å². The summed E-state index contributed by atoms with van der Waals surface area (Å²) >= 11 is 0. The van der Waals surface area contributed by atoms with E-state index in [0.717, 1.165) is 6.07 Å². The van der Waals surface area contributed by atoms with Crippen LogP contribution >= 0.6 is 0 Å². The fourth-order valence-electron chi connectivity index (χ4n) is 1.49. The molecule has 0 aliphatic rings. The molecule has 1 nitrogen and oxygen atoms in total. The Labute approximate surface area is 87.9 Å². The van der Waals surface area contributed by atoms with Gasteiger partial charge in [-0.25, -0.2) is 4.39 Å². The minimum atomic E-state index is -4.60. The first-order valence-corrected chi connectivity index (χ1v) is 4.38. The Morgan fingerprint density at radius 2 is 1.69 bits per heavy atom. The van der Waals surface area contributed by atoms with Gasteiger partial charge in [-0.3, -0.25) is 0 Å². The van der Waals surface area contributed by atoms with E-state index in [1.54, 1.807) is 0 Å². The predicted molar refractivity (Wildman–Crippen MR) is 50.6 cm³/mol. The van der Waals surface area contributed by atoms with E-state index in [-0.39, 0.29) is 10.8 Å². The first kappa shape index (κ1) is 10.7. The maximum absolute atomic E-state index is 13.3. The van der Waals surface area contributed by atoms with E-state index in [1.807, 2.05) is 0 Å². The molecule has 0 fully saturated rings. The van der Waals surface area contributed by atoms with Crippen LogP contribution in [-0.4, -0.2) is 5.11 Å². The second kappa shape index (κ2) is 3.37. The maximum Gasteiger partial charge on any atom is 0.416 e. The lowest BCUT2D eigenvalue weighted by Gasteiger charge is -2.09. The summed E-state index contributed by atoms with van der Waals surface area (Å²) in [5, 5.41) is 9.20. The normalized spacial score (nSPS) is 12.0. The number of phenols is 1. The van der Waals surface area contributed by atoms with Gasteiger partial charge in [-0.05, 0) is 18.2 Å². The van der Waals surface area contributed by atoms with Crippen LogP contribution in [0.4, 0.5) is 17.6 Å². The zero-order valence-electron chi connectivity index (χ0n) is 7.85. The number of halogens is 4. The topological polar surface area (TPSA) is 20.2 Å². The highest BCUT2D eigenvalue weighted by Gasteiger charge is 2.31. The third-order valence-electron chi connectivity index (χ3n) is 2.25. The second-order valence-electron chi connectivity index (χ2n) is 3.33. The Hall–Kier alpha value is -1.78. The van der Waals surface area contributed by atoms with Gasteiger partial charge in [0.1, 0.15) is 11.6 Å². The molecule has 2 aromatic carbocycles. The van der Waals surface area contributed by atoms with Crippen molar-refractivity contribution in [2.24, 2.45) is 0 Å². The Balaban J connectivity index is 2.81. The van der Waals surface area contributed by atoms with E-state index >= 15 is 0 Å². The van der Waals surface area contributed by atoms with Crippen LogP contribution in [0.15, 0.2) is 30.3 Å². The second-order valence-corrected chi connectivity index (χ2v) is 3.33. The van der Waals surface area contributed by atoms with Gasteiger partial charge in [0, 0.05) is 10.8 Å². The Morgan fingerprint density at radius 1 is 1.00 bits per heavy atom. The summed E-state index contributed by atoms with van der Waals surface area (Å²) in [5.74, 6) is -1.37. The minimum Gasteiger partial charge on any atom is -0.507 e. The molecule has 0 heterocycles. The molecule has 0 unspecified atom stereocenters. The number of hydrogen-bond donors (Lipinski definition) is 1. The van der Waals surface area contributed by atoms with Gasteiger partial charge in [-0.1, -0.05) is 12.1 Å². The molecule has 2 aromatic rings. The standard InChI is InChI=1S/C11H6F4O/c12-9-3-1-2-7-8(9)4-6(5-10(7)16)11(13,14)15/h1-5,16H. The van der Waals surface area contributed by atoms with Gasteiger partial charge in [0.05, 0.1) is 5.56 Å². The van der Waals surface area contributed by atoms with Crippen LogP contribution in [0.2, 0.25) is 0 Å². The van der Waals surface area contributed by atoms with E-state index in [9.17, 15) is 22.7 Å². The summed E-state index contributed by atoms with van der Waals surface area (Å²) in [6, 6.07) is 4.99. The van der Waals surface area contributed by atoms with Crippen LogP contribution < -0.4 is 0 Å². The van der Waals surface area contributed by atoms with E-state index in [4.69, 9.17) is 0 Å². The average molecular weight is 230 g/mol. The van der Waals surface area contributed by atoms with Crippen molar-refractivity contribution in [3.63, 3.8) is 0 Å². The van der Waals surface area contributed by atoms with E-state index in [2.05, 4.69) is 0 Å². The van der Waals surface area contributed by atoms with Crippen LogP contribution in [0.1, 0.15) is 5.56 Å². The molecular weight excluding hydrogens is 224 g/mol. The quantitative estimate of drug-likeness (QED) is 0.684. The van der Waals surface area contributed by atoms with Gasteiger partial charge in [0.25, 0.3) is 0 Å². The van der Waals surface area contributed by atoms with Crippen molar-refractivity contribution in [1.82, 2.24) is 0 Å². The van der Waals surface area contributed by atoms with Crippen LogP contribution in [0, 0.1) is 5.82 Å². The summed E-state index contributed by atoms with van der Waals surface area (Å²) in [6.45, 7) is 0. The van der Waals surface area contributed by atoms with Crippen LogP contribution in [0.3, 0.4) is 0 Å². The molecule has 0 radical (unpaired) electrons. The number of fused-ring (bicyclic) bond motifs is 1. The lowest BCUT2D eigenvalue weighted by atomic mass is 10.1. The molecule has 0 bridgehead atoms. The molecule has 0 saturated carbocycles. The molecule has 16 heavy (non-hydrogen) atoms. The van der Waals surface area contributed by atoms with Crippen molar-refractivity contribution in [2.45, 2.75) is 6.18 Å². The third kappa shape index (κ3) is 1.68. The SMILES string of the molecule is Oc1cc(C(F)(F)F)cc2c(F)cccc12. The Kier molecular flexibility index (Phi) is 2.26. The number of aromatic hydroxyl groups is 1. The minimum absolute atomic E-state index is 0.0630. The number of hydrogen-bond acceptors (Lipinski definition) is 1. The highest BCUT2D eigenvalue weighted by Crippen LogP contribution is 2.36. The maximum atomic E-state index is 13.3. The molecule has 5 heteroatoms. The molecule has 0 aliphatic heterocycles. The zero-order chi connectivity index (χ0) is 11.9. The van der Waals surface area contributed by atoms with Crippen LogP contribution in [-0.2, 0) is 6.18 Å². The van der Waals surface area contributed by atoms with E-state index < -0.39 is 23.3 Å². The van der Waals surface area contributed by atoms with E-state index in [1.165, 1.54) is 12.1 Å². The monoisotopic (exact) mass is 230 g/mol. The van der Waals surface area contributed by atoms with Gasteiger partial charge >= 0.3 is 6.18 Å². The van der Waals surface area contributed by atoms with Crippen molar-refractivity contribution in [1.29, 1.82) is 0 Å². The molecule has 0 atom stereocenters. The highest BCUT2D eigenvalue weighted by atomic mass is 19.4. The molecule has 0 amide bonds. The van der Waals surface area contributed by atoms with E-state index in [0.29, 0.717) is 12.1 Å². The number of alkyl halides is 3. The number of phenolic OH excluding ortho intramolecular Hbond substituents is 1. The van der Waals surface area contributed by atoms with Crippen molar-refractivity contribution in [2.75, 3.05) is 0 Å². The first-order chi connectivity index (χ1) is 7.39. The van der Waals surface area contributed by atoms with Crippen molar-refractivity contribution < 1.29 is 22.7 Å². The summed E-state index contributed by atoms with van der Waals surface area (Å²) in [7, 11) is 0. The fraction of sp³-hybridized carbons (Fsp3) is 0.0909. The Morgan fingerprint density at radius 3 is 2.31 bits per heavy atom. The summed E-state index contributed by atoms with van der Waals surface area (Å²) in [6.07, 6.45) is -4.60. The largest absolute Gasteiger partial charge is 0.507 e. The predicted octanol–water partition coefficient (Wildman–Crippen LogP) is 3.70. The van der Waals surface area contributed by atoms with Gasteiger partial charge in [-0.2, -0.15) is 13.2 Å². The van der Waals surface area contributed by atoms with Crippen LogP contribution in [0.25, 0.3) is 10.8 Å². The summed E-state index contributed by atoms with van der Waals surface area (Å²) in [5.41, 5.74) is -1.07. The first-order valence-electron chi connectivity index (χ1n) is 4.38. The number of rotatable bonds is 0. The molecule has 0 saturated heterocycles. The summed E-state index contributed by atoms with van der Waals surface area (Å²) < 4.78 is 50.4. The average Bonchev–Trinajstić information content (AvgIpc) is 2.18.